The van der Waals surface area contributed by atoms with Crippen LogP contribution < -0.4 is 16.2 Å². The maximum absolute atomic E-state index is 3.70. The SMILES string of the molecule is CCC(C)CCC(C)CC1C(CC)CCCC2NC(NNC1C)C2C. The highest BCUT2D eigenvalue weighted by atomic mass is 15.5. The van der Waals surface area contributed by atoms with E-state index in [2.05, 4.69) is 57.7 Å². The summed E-state index contributed by atoms with van der Waals surface area (Å²) in [6.07, 6.45) is 11.4. The van der Waals surface area contributed by atoms with Gasteiger partial charge in [-0.2, -0.15) is 0 Å². The molecule has 0 aromatic carbocycles. The first-order valence-corrected chi connectivity index (χ1v) is 11.2. The van der Waals surface area contributed by atoms with Crippen LogP contribution in [0.15, 0.2) is 0 Å². The molecule has 8 atom stereocenters. The third-order valence-electron chi connectivity index (χ3n) is 7.41. The summed E-state index contributed by atoms with van der Waals surface area (Å²) in [6, 6.07) is 1.26. The van der Waals surface area contributed by atoms with Gasteiger partial charge >= 0.3 is 0 Å². The Bertz CT molecular complexity index is 372. The van der Waals surface area contributed by atoms with Gasteiger partial charge in [0.15, 0.2) is 0 Å². The highest BCUT2D eigenvalue weighted by Gasteiger charge is 2.38. The standard InChI is InChI=1S/C22H45N3/c1-7-15(3)12-13-16(4)14-20-18(6)24-25-22-17(5)21(23-22)11-9-10-19(20)8-2/h15-25H,7-14H2,1-6H3. The highest BCUT2D eigenvalue weighted by Crippen LogP contribution is 2.34. The van der Waals surface area contributed by atoms with Gasteiger partial charge in [0.05, 0.1) is 6.17 Å². The van der Waals surface area contributed by atoms with Crippen molar-refractivity contribution < 1.29 is 0 Å². The monoisotopic (exact) mass is 351 g/mol. The maximum atomic E-state index is 3.70. The molecule has 0 radical (unpaired) electrons. The van der Waals surface area contributed by atoms with Crippen molar-refractivity contribution in [2.45, 2.75) is 111 Å². The van der Waals surface area contributed by atoms with E-state index < -0.39 is 0 Å². The van der Waals surface area contributed by atoms with Crippen molar-refractivity contribution in [2.75, 3.05) is 0 Å². The minimum atomic E-state index is 0.453. The molecular formula is C22H45N3. The molecule has 3 heterocycles. The van der Waals surface area contributed by atoms with E-state index in [-0.39, 0.29) is 0 Å². The highest BCUT2D eigenvalue weighted by molar-refractivity contribution is 4.94. The predicted molar refractivity (Wildman–Crippen MR) is 109 cm³/mol. The largest absolute Gasteiger partial charge is 0.297 e. The fraction of sp³-hybridized carbons (Fsp3) is 1.00. The molecule has 3 saturated heterocycles. The molecule has 8 unspecified atom stereocenters. The van der Waals surface area contributed by atoms with Crippen molar-refractivity contribution in [1.82, 2.24) is 16.2 Å². The molecule has 0 aliphatic carbocycles. The first kappa shape index (κ1) is 21.2. The molecule has 0 saturated carbocycles. The number of hydrogen-bond donors (Lipinski definition) is 3. The van der Waals surface area contributed by atoms with Gasteiger partial charge in [0.25, 0.3) is 0 Å². The molecule has 0 aromatic rings. The second-order valence-corrected chi connectivity index (χ2v) is 9.38. The Labute approximate surface area is 157 Å². The van der Waals surface area contributed by atoms with E-state index in [1.54, 1.807) is 0 Å². The van der Waals surface area contributed by atoms with Crippen LogP contribution in [-0.2, 0) is 0 Å². The van der Waals surface area contributed by atoms with Crippen LogP contribution in [0.25, 0.3) is 0 Å². The van der Waals surface area contributed by atoms with Crippen molar-refractivity contribution >= 4 is 0 Å². The molecule has 3 N–H and O–H groups in total. The third kappa shape index (κ3) is 5.94. The lowest BCUT2D eigenvalue weighted by molar-refractivity contribution is 0.0971. The number of fused-ring (bicyclic) bond motifs is 7. The van der Waals surface area contributed by atoms with Crippen molar-refractivity contribution in [1.29, 1.82) is 0 Å². The fourth-order valence-electron chi connectivity index (χ4n) is 4.98. The zero-order chi connectivity index (χ0) is 18.4. The van der Waals surface area contributed by atoms with E-state index >= 15 is 0 Å². The molecule has 3 fully saturated rings. The minimum absolute atomic E-state index is 0.453. The van der Waals surface area contributed by atoms with Crippen LogP contribution in [0.4, 0.5) is 0 Å². The Morgan fingerprint density at radius 2 is 1.68 bits per heavy atom. The van der Waals surface area contributed by atoms with Gasteiger partial charge < -0.3 is 0 Å². The van der Waals surface area contributed by atoms with Crippen LogP contribution in [0.3, 0.4) is 0 Å². The van der Waals surface area contributed by atoms with Crippen LogP contribution >= 0.6 is 0 Å². The molecular weight excluding hydrogens is 306 g/mol. The summed E-state index contributed by atoms with van der Waals surface area (Å²) in [5.74, 6) is 4.11. The summed E-state index contributed by atoms with van der Waals surface area (Å²) < 4.78 is 0. The Balaban J connectivity index is 1.95. The summed E-state index contributed by atoms with van der Waals surface area (Å²) in [5.41, 5.74) is 7.27. The summed E-state index contributed by atoms with van der Waals surface area (Å²) in [5, 5.41) is 3.70. The zero-order valence-electron chi connectivity index (χ0n) is 17.8. The molecule has 3 heteroatoms. The minimum Gasteiger partial charge on any atom is -0.297 e. The van der Waals surface area contributed by atoms with Crippen LogP contribution in [0, 0.1) is 29.6 Å². The Kier molecular flexibility index (Phi) is 8.71. The maximum Gasteiger partial charge on any atom is 0.0747 e. The molecule has 148 valence electrons. The fourth-order valence-corrected chi connectivity index (χ4v) is 4.98. The summed E-state index contributed by atoms with van der Waals surface area (Å²) in [7, 11) is 0. The van der Waals surface area contributed by atoms with Crippen LogP contribution in [0.5, 0.6) is 0 Å². The molecule has 0 amide bonds. The molecule has 3 nitrogen and oxygen atoms in total. The average molecular weight is 352 g/mol. The lowest BCUT2D eigenvalue weighted by Crippen LogP contribution is -2.69. The van der Waals surface area contributed by atoms with E-state index in [0.29, 0.717) is 12.2 Å². The van der Waals surface area contributed by atoms with Crippen molar-refractivity contribution in [3.8, 4) is 0 Å². The number of hydrogen-bond acceptors (Lipinski definition) is 3. The zero-order valence-corrected chi connectivity index (χ0v) is 17.8. The molecule has 0 aromatic heterocycles. The smallest absolute Gasteiger partial charge is 0.0747 e. The second-order valence-electron chi connectivity index (χ2n) is 9.38. The predicted octanol–water partition coefficient (Wildman–Crippen LogP) is 5.08. The molecule has 3 aliphatic rings. The van der Waals surface area contributed by atoms with E-state index in [1.165, 1.54) is 51.4 Å². The molecule has 3 rings (SSSR count). The number of rotatable bonds is 7. The average Bonchev–Trinajstić information content (AvgIpc) is 2.65. The molecule has 2 bridgehead atoms. The quantitative estimate of drug-likeness (QED) is 0.598. The normalized spacial score (nSPS) is 39.1. The van der Waals surface area contributed by atoms with Crippen LogP contribution in [-0.4, -0.2) is 18.2 Å². The Morgan fingerprint density at radius 3 is 2.32 bits per heavy atom. The van der Waals surface area contributed by atoms with E-state index in [0.717, 1.165) is 35.6 Å². The first-order chi connectivity index (χ1) is 12.0. The summed E-state index contributed by atoms with van der Waals surface area (Å²) in [6.45, 7) is 14.4. The Morgan fingerprint density at radius 1 is 0.960 bits per heavy atom. The van der Waals surface area contributed by atoms with E-state index in [4.69, 9.17) is 0 Å². The molecule has 0 spiro atoms. The van der Waals surface area contributed by atoms with Crippen molar-refractivity contribution in [3.63, 3.8) is 0 Å². The van der Waals surface area contributed by atoms with E-state index in [9.17, 15) is 0 Å². The summed E-state index contributed by atoms with van der Waals surface area (Å²) in [4.78, 5) is 0. The van der Waals surface area contributed by atoms with Crippen molar-refractivity contribution in [2.24, 2.45) is 29.6 Å². The lowest BCUT2D eigenvalue weighted by Gasteiger charge is -2.45. The van der Waals surface area contributed by atoms with Gasteiger partial charge in [-0.25, -0.2) is 5.43 Å². The molecule has 3 aliphatic heterocycles. The lowest BCUT2D eigenvalue weighted by atomic mass is 9.75. The van der Waals surface area contributed by atoms with Crippen LogP contribution in [0.1, 0.15) is 92.9 Å². The number of nitrogens with one attached hydrogen (secondary N) is 3. The van der Waals surface area contributed by atoms with Gasteiger partial charge in [0.1, 0.15) is 0 Å². The van der Waals surface area contributed by atoms with Gasteiger partial charge in [0, 0.05) is 18.0 Å². The number of hydrazine groups is 1. The van der Waals surface area contributed by atoms with Gasteiger partial charge in [0.2, 0.25) is 0 Å². The molecule has 25 heavy (non-hydrogen) atoms. The first-order valence-electron chi connectivity index (χ1n) is 11.2. The second kappa shape index (κ2) is 10.3. The van der Waals surface area contributed by atoms with Crippen LogP contribution in [0.2, 0.25) is 0 Å². The summed E-state index contributed by atoms with van der Waals surface area (Å²) >= 11 is 0. The van der Waals surface area contributed by atoms with Gasteiger partial charge in [-0.05, 0) is 43.4 Å². The topological polar surface area (TPSA) is 36.1 Å². The van der Waals surface area contributed by atoms with Gasteiger partial charge in [-0.1, -0.05) is 73.1 Å². The van der Waals surface area contributed by atoms with Gasteiger partial charge in [-0.15, -0.1) is 0 Å². The van der Waals surface area contributed by atoms with Crippen molar-refractivity contribution in [3.05, 3.63) is 0 Å². The van der Waals surface area contributed by atoms with Gasteiger partial charge in [-0.3, -0.25) is 10.7 Å². The third-order valence-corrected chi connectivity index (χ3v) is 7.41. The van der Waals surface area contributed by atoms with E-state index in [1.807, 2.05) is 0 Å². The Hall–Kier alpha value is -0.120.